The smallest absolute Gasteiger partial charge is 0.303 e. The third-order valence-electron chi connectivity index (χ3n) is 3.68. The SMILES string of the molecule is CCC1(CC)C(=O)NC[C@@H](C)C1=O.O=C(O)CCC(=O)O. The lowest BCUT2D eigenvalue weighted by molar-refractivity contribution is -0.148. The van der Waals surface area contributed by atoms with E-state index in [4.69, 9.17) is 10.2 Å². The summed E-state index contributed by atoms with van der Waals surface area (Å²) in [5.41, 5.74) is -0.738. The van der Waals surface area contributed by atoms with Crippen molar-refractivity contribution in [2.75, 3.05) is 6.54 Å². The second-order valence-electron chi connectivity index (χ2n) is 5.05. The van der Waals surface area contributed by atoms with Crippen molar-refractivity contribution in [2.45, 2.75) is 46.5 Å². The van der Waals surface area contributed by atoms with E-state index in [1.807, 2.05) is 20.8 Å². The number of carbonyl (C=O) groups excluding carboxylic acids is 2. The summed E-state index contributed by atoms with van der Waals surface area (Å²) in [5, 5.41) is 18.6. The van der Waals surface area contributed by atoms with Gasteiger partial charge in [0.05, 0.1) is 12.8 Å². The average molecular weight is 301 g/mol. The molecule has 1 atom stereocenters. The van der Waals surface area contributed by atoms with Crippen LogP contribution in [0, 0.1) is 11.3 Å². The Kier molecular flexibility index (Phi) is 7.62. The largest absolute Gasteiger partial charge is 0.481 e. The van der Waals surface area contributed by atoms with Gasteiger partial charge in [-0.05, 0) is 12.8 Å². The van der Waals surface area contributed by atoms with E-state index in [2.05, 4.69) is 5.32 Å². The molecule has 21 heavy (non-hydrogen) atoms. The highest BCUT2D eigenvalue weighted by atomic mass is 16.4. The number of amides is 1. The standard InChI is InChI=1S/C10H17NO2.C4H6O4/c1-4-10(5-2)8(12)7(3)6-11-9(10)13;5-3(6)1-2-4(7)8/h7H,4-6H2,1-3H3,(H,11,13);1-2H2,(H,5,6)(H,7,8)/t7-;/m1./s1. The van der Waals surface area contributed by atoms with Crippen LogP contribution in [-0.4, -0.2) is 40.4 Å². The Morgan fingerprint density at radius 3 is 1.86 bits per heavy atom. The van der Waals surface area contributed by atoms with E-state index in [1.165, 1.54) is 0 Å². The van der Waals surface area contributed by atoms with Crippen molar-refractivity contribution in [3.63, 3.8) is 0 Å². The number of Topliss-reactive ketones (excluding diaryl/α,β-unsaturated/α-hetero) is 1. The maximum atomic E-state index is 11.9. The van der Waals surface area contributed by atoms with Crippen LogP contribution in [0.25, 0.3) is 0 Å². The Morgan fingerprint density at radius 2 is 1.57 bits per heavy atom. The molecular weight excluding hydrogens is 278 g/mol. The van der Waals surface area contributed by atoms with Crippen LogP contribution < -0.4 is 5.32 Å². The predicted molar refractivity (Wildman–Crippen MR) is 74.7 cm³/mol. The van der Waals surface area contributed by atoms with Crippen molar-refractivity contribution in [1.82, 2.24) is 5.32 Å². The molecule has 120 valence electrons. The molecule has 0 aromatic carbocycles. The van der Waals surface area contributed by atoms with Crippen LogP contribution in [0.1, 0.15) is 46.5 Å². The number of hydrogen-bond acceptors (Lipinski definition) is 4. The molecule has 1 amide bonds. The zero-order chi connectivity index (χ0) is 16.6. The fourth-order valence-corrected chi connectivity index (χ4v) is 2.22. The third kappa shape index (κ3) is 5.17. The summed E-state index contributed by atoms with van der Waals surface area (Å²) in [6.45, 7) is 6.18. The molecule has 0 spiro atoms. The van der Waals surface area contributed by atoms with Crippen LogP contribution in [0.15, 0.2) is 0 Å². The molecule has 1 rings (SSSR count). The molecule has 0 aliphatic carbocycles. The van der Waals surface area contributed by atoms with Crippen LogP contribution in [-0.2, 0) is 19.2 Å². The number of piperidine rings is 1. The first-order valence-electron chi connectivity index (χ1n) is 6.97. The van der Waals surface area contributed by atoms with E-state index in [1.54, 1.807) is 0 Å². The lowest BCUT2D eigenvalue weighted by atomic mass is 9.71. The lowest BCUT2D eigenvalue weighted by Gasteiger charge is -2.35. The van der Waals surface area contributed by atoms with Crippen molar-refractivity contribution < 1.29 is 29.4 Å². The fraction of sp³-hybridized carbons (Fsp3) is 0.714. The van der Waals surface area contributed by atoms with Crippen molar-refractivity contribution in [3.05, 3.63) is 0 Å². The van der Waals surface area contributed by atoms with Gasteiger partial charge in [-0.1, -0.05) is 20.8 Å². The Labute approximate surface area is 123 Å². The molecule has 7 nitrogen and oxygen atoms in total. The molecule has 0 aromatic heterocycles. The molecule has 0 saturated carbocycles. The topological polar surface area (TPSA) is 121 Å². The van der Waals surface area contributed by atoms with Crippen molar-refractivity contribution >= 4 is 23.6 Å². The summed E-state index contributed by atoms with van der Waals surface area (Å²) < 4.78 is 0. The van der Waals surface area contributed by atoms with Crippen molar-refractivity contribution in [2.24, 2.45) is 11.3 Å². The van der Waals surface area contributed by atoms with Crippen LogP contribution >= 0.6 is 0 Å². The first kappa shape index (κ1) is 19.1. The van der Waals surface area contributed by atoms with Crippen LogP contribution in [0.3, 0.4) is 0 Å². The molecule has 0 aromatic rings. The van der Waals surface area contributed by atoms with Gasteiger partial charge in [0.2, 0.25) is 5.91 Å². The highest BCUT2D eigenvalue weighted by Crippen LogP contribution is 2.33. The van der Waals surface area contributed by atoms with Gasteiger partial charge >= 0.3 is 11.9 Å². The first-order valence-corrected chi connectivity index (χ1v) is 6.97. The molecule has 1 saturated heterocycles. The molecule has 1 aliphatic heterocycles. The highest BCUT2D eigenvalue weighted by Gasteiger charge is 2.47. The van der Waals surface area contributed by atoms with Crippen molar-refractivity contribution in [3.8, 4) is 0 Å². The summed E-state index contributed by atoms with van der Waals surface area (Å²) in [6.07, 6.45) is 0.627. The summed E-state index contributed by atoms with van der Waals surface area (Å²) in [7, 11) is 0. The number of ketones is 1. The number of rotatable bonds is 5. The van der Waals surface area contributed by atoms with Gasteiger partial charge in [0.15, 0.2) is 5.78 Å². The fourth-order valence-electron chi connectivity index (χ4n) is 2.22. The monoisotopic (exact) mass is 301 g/mol. The number of hydrogen-bond donors (Lipinski definition) is 3. The minimum atomic E-state index is -1.08. The third-order valence-corrected chi connectivity index (χ3v) is 3.68. The van der Waals surface area contributed by atoms with Gasteiger partial charge < -0.3 is 15.5 Å². The van der Waals surface area contributed by atoms with Gasteiger partial charge in [0.25, 0.3) is 0 Å². The Balaban J connectivity index is 0.000000433. The molecule has 3 N–H and O–H groups in total. The molecule has 7 heteroatoms. The minimum Gasteiger partial charge on any atom is -0.481 e. The number of aliphatic carboxylic acids is 2. The second-order valence-corrected chi connectivity index (χ2v) is 5.05. The molecule has 0 bridgehead atoms. The Morgan fingerprint density at radius 1 is 1.14 bits per heavy atom. The summed E-state index contributed by atoms with van der Waals surface area (Å²) in [6, 6.07) is 0. The number of carboxylic acids is 2. The maximum Gasteiger partial charge on any atom is 0.303 e. The van der Waals surface area contributed by atoms with Gasteiger partial charge in [0, 0.05) is 12.5 Å². The van der Waals surface area contributed by atoms with E-state index in [0.717, 1.165) is 0 Å². The zero-order valence-electron chi connectivity index (χ0n) is 12.6. The molecule has 1 heterocycles. The number of carbonyl (C=O) groups is 4. The van der Waals surface area contributed by atoms with Gasteiger partial charge in [-0.2, -0.15) is 0 Å². The lowest BCUT2D eigenvalue weighted by Crippen LogP contribution is -2.55. The quantitative estimate of drug-likeness (QED) is 0.653. The normalized spacial score (nSPS) is 20.0. The van der Waals surface area contributed by atoms with Crippen LogP contribution in [0.2, 0.25) is 0 Å². The van der Waals surface area contributed by atoms with E-state index in [9.17, 15) is 19.2 Å². The van der Waals surface area contributed by atoms with E-state index in [-0.39, 0.29) is 30.4 Å². The number of nitrogens with one attached hydrogen (secondary N) is 1. The average Bonchev–Trinajstić information content (AvgIpc) is 2.43. The molecular formula is C14H23NO6. The van der Waals surface area contributed by atoms with Gasteiger partial charge in [-0.25, -0.2) is 0 Å². The van der Waals surface area contributed by atoms with Gasteiger partial charge in [-0.3, -0.25) is 19.2 Å². The van der Waals surface area contributed by atoms with Crippen molar-refractivity contribution in [1.29, 1.82) is 0 Å². The zero-order valence-corrected chi connectivity index (χ0v) is 12.6. The predicted octanol–water partition coefficient (Wildman–Crippen LogP) is 1.06. The summed E-state index contributed by atoms with van der Waals surface area (Å²) in [5.74, 6) is -2.15. The summed E-state index contributed by atoms with van der Waals surface area (Å²) in [4.78, 5) is 42.7. The maximum absolute atomic E-state index is 11.9. The molecule has 0 unspecified atom stereocenters. The van der Waals surface area contributed by atoms with E-state index >= 15 is 0 Å². The molecule has 1 aliphatic rings. The Bertz CT molecular complexity index is 400. The van der Waals surface area contributed by atoms with Gasteiger partial charge in [-0.15, -0.1) is 0 Å². The van der Waals surface area contributed by atoms with Gasteiger partial charge in [0.1, 0.15) is 5.41 Å². The minimum absolute atomic E-state index is 0.0300. The van der Waals surface area contributed by atoms with E-state index < -0.39 is 17.4 Å². The number of carboxylic acid groups (broad SMARTS) is 2. The Hall–Kier alpha value is -1.92. The highest BCUT2D eigenvalue weighted by molar-refractivity contribution is 6.08. The van der Waals surface area contributed by atoms with Crippen LogP contribution in [0.4, 0.5) is 0 Å². The first-order chi connectivity index (χ1) is 9.71. The van der Waals surface area contributed by atoms with Crippen LogP contribution in [0.5, 0.6) is 0 Å². The summed E-state index contributed by atoms with van der Waals surface area (Å²) >= 11 is 0. The second kappa shape index (κ2) is 8.39. The molecule has 0 radical (unpaired) electrons. The molecule has 1 fully saturated rings. The van der Waals surface area contributed by atoms with E-state index in [0.29, 0.717) is 19.4 Å².